The van der Waals surface area contributed by atoms with E-state index >= 15 is 0 Å². The highest BCUT2D eigenvalue weighted by atomic mass is 16.4. The predicted molar refractivity (Wildman–Crippen MR) is 205 cm³/mol. The minimum absolute atomic E-state index is 0.123. The average molecular weight is 753 g/mol. The molecule has 9 nitrogen and oxygen atoms in total. The topological polar surface area (TPSA) is 154 Å². The van der Waals surface area contributed by atoms with Crippen LogP contribution in [0.3, 0.4) is 0 Å². The fourth-order valence-electron chi connectivity index (χ4n) is 15.8. The number of rotatable bonds is 5. The van der Waals surface area contributed by atoms with Crippen LogP contribution in [-0.2, 0) is 25.7 Å². The van der Waals surface area contributed by atoms with Gasteiger partial charge >= 0.3 is 5.97 Å². The van der Waals surface area contributed by atoms with E-state index in [-0.39, 0.29) is 70.4 Å². The maximum absolute atomic E-state index is 14.5. The molecule has 0 aromatic carbocycles. The largest absolute Gasteiger partial charge is 0.479 e. The van der Waals surface area contributed by atoms with Gasteiger partial charge in [-0.1, -0.05) is 44.9 Å². The summed E-state index contributed by atoms with van der Waals surface area (Å²) in [4.78, 5) is 58.8. The highest BCUT2D eigenvalue weighted by Gasteiger charge is 2.70. The van der Waals surface area contributed by atoms with Crippen LogP contribution in [0.4, 0.5) is 0 Å². The molecule has 0 radical (unpaired) electrons. The Morgan fingerprint density at radius 1 is 0.764 bits per heavy atom. The van der Waals surface area contributed by atoms with Crippen LogP contribution in [0.1, 0.15) is 123 Å². The van der Waals surface area contributed by atoms with E-state index in [4.69, 9.17) is 0 Å². The molecule has 6 fully saturated rings. The molecule has 1 heterocycles. The van der Waals surface area contributed by atoms with Gasteiger partial charge in [0.2, 0.25) is 0 Å². The summed E-state index contributed by atoms with van der Waals surface area (Å²) in [5.41, 5.74) is -1.80. The number of nitrogens with one attached hydrogen (secondary N) is 1. The van der Waals surface area contributed by atoms with Gasteiger partial charge in [0.05, 0.1) is 12.2 Å². The van der Waals surface area contributed by atoms with E-state index in [0.717, 1.165) is 50.6 Å². The first-order valence-electron chi connectivity index (χ1n) is 21.4. The normalized spacial score (nSPS) is 48.5. The predicted octanol–water partition coefficient (Wildman–Crippen LogP) is 6.76. The smallest absolute Gasteiger partial charge is 0.336 e. The van der Waals surface area contributed by atoms with Gasteiger partial charge in [0.1, 0.15) is 5.60 Å². The minimum atomic E-state index is -1.70. The highest BCUT2D eigenvalue weighted by molar-refractivity contribution is 5.97. The number of carboxylic acid groups (broad SMARTS) is 1. The molecular weight excluding hydrogens is 693 g/mol. The maximum atomic E-state index is 14.5. The van der Waals surface area contributed by atoms with E-state index in [0.29, 0.717) is 56.8 Å². The van der Waals surface area contributed by atoms with Crippen molar-refractivity contribution in [2.24, 2.45) is 69.0 Å². The molecule has 55 heavy (non-hydrogen) atoms. The van der Waals surface area contributed by atoms with Gasteiger partial charge < -0.3 is 20.6 Å². The third-order valence-corrected chi connectivity index (χ3v) is 18.9. The lowest BCUT2D eigenvalue weighted by atomic mass is 9.41. The fourth-order valence-corrected chi connectivity index (χ4v) is 15.8. The van der Waals surface area contributed by atoms with Crippen molar-refractivity contribution < 1.29 is 34.5 Å². The SMILES string of the molecule is C[C@]12CC(C3CC(=O)C=C4CC[C@H]5[C@@H]6CC[C@](O)(C(=O)NCc7ccccn7)[C@@]6(C)CC[C@@H]5[C@]43C)C(=O)C=C1CCC1C2CC[C@@]2(C)C1CC[C@@]2(O)C(=O)O. The lowest BCUT2D eigenvalue weighted by molar-refractivity contribution is -0.182. The van der Waals surface area contributed by atoms with Gasteiger partial charge in [0.25, 0.3) is 5.91 Å². The minimum Gasteiger partial charge on any atom is -0.479 e. The molecular formula is C46H60N2O7. The van der Waals surface area contributed by atoms with Crippen LogP contribution in [0, 0.1) is 69.0 Å². The molecule has 0 spiro atoms. The number of aromatic nitrogens is 1. The molecule has 1 amide bonds. The highest BCUT2D eigenvalue weighted by Crippen LogP contribution is 2.72. The first-order valence-corrected chi connectivity index (χ1v) is 21.4. The van der Waals surface area contributed by atoms with Crippen molar-refractivity contribution in [3.8, 4) is 0 Å². The van der Waals surface area contributed by atoms with Crippen molar-refractivity contribution in [2.75, 3.05) is 0 Å². The molecule has 5 unspecified atom stereocenters. The Hall–Kier alpha value is -3.17. The molecule has 9 heteroatoms. The summed E-state index contributed by atoms with van der Waals surface area (Å²) < 4.78 is 0. The van der Waals surface area contributed by atoms with E-state index in [2.05, 4.69) is 31.1 Å². The molecule has 0 bridgehead atoms. The molecule has 1 aromatic rings. The number of aliphatic carboxylic acids is 1. The molecule has 6 saturated carbocycles. The molecule has 0 aliphatic heterocycles. The Balaban J connectivity index is 0.997. The van der Waals surface area contributed by atoms with Crippen LogP contribution < -0.4 is 5.32 Å². The monoisotopic (exact) mass is 752 g/mol. The Labute approximate surface area is 325 Å². The summed E-state index contributed by atoms with van der Waals surface area (Å²) in [6, 6.07) is 5.60. The number of amides is 1. The Morgan fingerprint density at radius 3 is 2.05 bits per heavy atom. The zero-order valence-corrected chi connectivity index (χ0v) is 33.1. The van der Waals surface area contributed by atoms with Crippen LogP contribution in [-0.4, -0.2) is 54.9 Å². The maximum Gasteiger partial charge on any atom is 0.336 e. The number of pyridine rings is 1. The van der Waals surface area contributed by atoms with Gasteiger partial charge in [-0.2, -0.15) is 0 Å². The van der Waals surface area contributed by atoms with Crippen LogP contribution in [0.2, 0.25) is 0 Å². The van der Waals surface area contributed by atoms with Crippen molar-refractivity contribution in [3.63, 3.8) is 0 Å². The molecule has 8 aliphatic carbocycles. The van der Waals surface area contributed by atoms with Crippen molar-refractivity contribution in [2.45, 2.75) is 135 Å². The third-order valence-electron chi connectivity index (χ3n) is 18.9. The van der Waals surface area contributed by atoms with Crippen LogP contribution >= 0.6 is 0 Å². The average Bonchev–Trinajstić information content (AvgIpc) is 3.61. The number of carbonyl (C=O) groups excluding carboxylic acids is 3. The van der Waals surface area contributed by atoms with E-state index in [1.54, 1.807) is 6.20 Å². The summed E-state index contributed by atoms with van der Waals surface area (Å²) in [6.45, 7) is 9.12. The number of hydrogen-bond donors (Lipinski definition) is 4. The number of carbonyl (C=O) groups is 4. The lowest BCUT2D eigenvalue weighted by Crippen LogP contribution is -2.61. The van der Waals surface area contributed by atoms with Crippen LogP contribution in [0.15, 0.2) is 47.7 Å². The fraction of sp³-hybridized carbons (Fsp3) is 0.717. The van der Waals surface area contributed by atoms with Crippen molar-refractivity contribution >= 4 is 23.4 Å². The van der Waals surface area contributed by atoms with Crippen molar-refractivity contribution in [1.29, 1.82) is 0 Å². The van der Waals surface area contributed by atoms with Crippen molar-refractivity contribution in [1.82, 2.24) is 10.3 Å². The number of ketones is 2. The van der Waals surface area contributed by atoms with E-state index in [1.165, 1.54) is 11.1 Å². The quantitative estimate of drug-likeness (QED) is 0.258. The number of hydrogen-bond acceptors (Lipinski definition) is 7. The lowest BCUT2D eigenvalue weighted by Gasteiger charge is -2.63. The van der Waals surface area contributed by atoms with Gasteiger partial charge in [-0.15, -0.1) is 0 Å². The Bertz CT molecular complexity index is 1890. The van der Waals surface area contributed by atoms with Gasteiger partial charge in [-0.3, -0.25) is 19.4 Å². The molecule has 9 rings (SSSR count). The summed E-state index contributed by atoms with van der Waals surface area (Å²) >= 11 is 0. The first-order chi connectivity index (χ1) is 26.0. The Kier molecular flexibility index (Phi) is 8.44. The zero-order valence-electron chi connectivity index (χ0n) is 33.1. The molecule has 8 aliphatic rings. The van der Waals surface area contributed by atoms with Gasteiger partial charge in [-0.05, 0) is 160 Å². The second kappa shape index (κ2) is 12.4. The summed E-state index contributed by atoms with van der Waals surface area (Å²) in [5, 5.41) is 36.9. The Morgan fingerprint density at radius 2 is 1.38 bits per heavy atom. The number of nitrogens with zero attached hydrogens (tertiary/aromatic N) is 1. The van der Waals surface area contributed by atoms with E-state index in [9.17, 15) is 34.5 Å². The third kappa shape index (κ3) is 4.93. The van der Waals surface area contributed by atoms with E-state index < -0.39 is 28.0 Å². The number of carboxylic acids is 1. The van der Waals surface area contributed by atoms with Gasteiger partial charge in [-0.25, -0.2) is 4.79 Å². The van der Waals surface area contributed by atoms with E-state index in [1.807, 2.05) is 37.3 Å². The van der Waals surface area contributed by atoms with Crippen LogP contribution in [0.25, 0.3) is 0 Å². The molecule has 296 valence electrons. The standard InChI is InChI=1S/C46H60N2O7/c1-41-24-32(38(50)22-26(41)8-10-30-33(41)12-16-43(3)34(30)15-19-46(43,55)40(52)53)37-23-29(49)21-27-9-11-31-35-14-18-45(54,39(51)48-25-28-7-5-6-20-47-28)42(35,2)17-13-36(31)44(27,37)4/h5-7,20-22,30-37,54-55H,8-19,23-25H2,1-4H3,(H,48,51)(H,52,53)/t30?,31-,32?,33?,34?,35-,36-,37?,41-,42-,43-,44-,45-,46+/m0/s1. The molecule has 14 atom stereocenters. The number of fused-ring (bicyclic) bond motifs is 10. The summed E-state index contributed by atoms with van der Waals surface area (Å²) in [7, 11) is 0. The van der Waals surface area contributed by atoms with Crippen LogP contribution in [0.5, 0.6) is 0 Å². The van der Waals surface area contributed by atoms with Gasteiger partial charge in [0.15, 0.2) is 17.2 Å². The molecule has 4 N–H and O–H groups in total. The summed E-state index contributed by atoms with van der Waals surface area (Å²) in [5.74, 6) is -0.137. The first kappa shape index (κ1) is 37.4. The number of aliphatic hydroxyl groups is 2. The second-order valence-electron chi connectivity index (χ2n) is 20.4. The summed E-state index contributed by atoms with van der Waals surface area (Å²) in [6.07, 6.45) is 15.4. The zero-order chi connectivity index (χ0) is 38.9. The second-order valence-corrected chi connectivity index (χ2v) is 20.4. The molecule has 0 saturated heterocycles. The molecule has 1 aromatic heterocycles. The number of allylic oxidation sites excluding steroid dienone is 2. The van der Waals surface area contributed by atoms with Crippen molar-refractivity contribution in [3.05, 3.63) is 53.4 Å². The van der Waals surface area contributed by atoms with Gasteiger partial charge in [0, 0.05) is 29.4 Å².